The minimum Gasteiger partial charge on any atom is -0.548 e. The van der Waals surface area contributed by atoms with Crippen LogP contribution in [0.25, 0.3) is 0 Å². The van der Waals surface area contributed by atoms with Crippen LogP contribution in [0.2, 0.25) is 0 Å². The van der Waals surface area contributed by atoms with Crippen LogP contribution in [0.1, 0.15) is 0 Å². The van der Waals surface area contributed by atoms with E-state index in [1.807, 2.05) is 0 Å². The summed E-state index contributed by atoms with van der Waals surface area (Å²) in [6.45, 7) is 0. The van der Waals surface area contributed by atoms with Gasteiger partial charge in [0.25, 0.3) is 0 Å². The molecular formula is C5H4KN3O6. The average Bonchev–Trinajstić information content (AvgIpc) is 2.01. The molecule has 1 rings (SSSR count). The first-order valence-electron chi connectivity index (χ1n) is 3.39. The number of imide groups is 1. The number of carboxylic acid groups (broad SMARTS) is 1. The number of carbonyl (C=O) groups is 3. The van der Waals surface area contributed by atoms with Crippen LogP contribution in [-0.4, -0.2) is 34.9 Å². The third-order valence-corrected chi connectivity index (χ3v) is 1.59. The molecule has 1 aliphatic heterocycles. The van der Waals surface area contributed by atoms with Gasteiger partial charge >= 0.3 is 69.4 Å². The van der Waals surface area contributed by atoms with Gasteiger partial charge < -0.3 is 15.2 Å². The molecule has 0 saturated carbocycles. The van der Waals surface area contributed by atoms with Gasteiger partial charge in [-0.2, -0.15) is 0 Å². The Morgan fingerprint density at radius 2 is 1.93 bits per heavy atom. The third kappa shape index (κ3) is 3.20. The number of urea groups is 1. The summed E-state index contributed by atoms with van der Waals surface area (Å²) in [5.74, 6) is -3.15. The fraction of sp³-hybridized carbons (Fsp3) is 0.400. The first-order chi connectivity index (χ1) is 6.43. The molecule has 0 spiro atoms. The van der Waals surface area contributed by atoms with Crippen molar-refractivity contribution in [2.45, 2.75) is 12.1 Å². The molecule has 0 radical (unpaired) electrons. The quantitative estimate of drug-likeness (QED) is 0.280. The molecule has 2 atom stereocenters. The van der Waals surface area contributed by atoms with Crippen molar-refractivity contribution < 1.29 is 75.8 Å². The van der Waals surface area contributed by atoms with Crippen LogP contribution in [0.5, 0.6) is 0 Å². The van der Waals surface area contributed by atoms with Crippen molar-refractivity contribution in [3.8, 4) is 0 Å². The Hall–Kier alpha value is -0.554. The molecule has 10 heteroatoms. The number of amides is 3. The van der Waals surface area contributed by atoms with E-state index in [4.69, 9.17) is 0 Å². The molecule has 0 aromatic rings. The van der Waals surface area contributed by atoms with Gasteiger partial charge in [0.1, 0.15) is 6.04 Å². The van der Waals surface area contributed by atoms with Gasteiger partial charge in [-0.1, -0.05) is 0 Å². The van der Waals surface area contributed by atoms with Crippen LogP contribution in [-0.2, 0) is 9.59 Å². The Labute approximate surface area is 125 Å². The molecule has 0 aromatic heterocycles. The van der Waals surface area contributed by atoms with Gasteiger partial charge in [0.05, 0.1) is 5.97 Å². The third-order valence-electron chi connectivity index (χ3n) is 1.59. The molecule has 1 aliphatic rings. The molecule has 15 heavy (non-hydrogen) atoms. The second-order valence-corrected chi connectivity index (χ2v) is 2.49. The summed E-state index contributed by atoms with van der Waals surface area (Å²) in [6, 6.07) is -5.09. The van der Waals surface area contributed by atoms with E-state index in [9.17, 15) is 29.6 Å². The minimum absolute atomic E-state index is 0. The maximum atomic E-state index is 10.9. The molecule has 0 aliphatic carbocycles. The van der Waals surface area contributed by atoms with Crippen LogP contribution in [0.4, 0.5) is 4.79 Å². The van der Waals surface area contributed by atoms with Gasteiger partial charge in [0.15, 0.2) is 0 Å². The number of rotatable bonds is 2. The molecule has 3 amide bonds. The number of hydrogen-bond donors (Lipinski definition) is 2. The van der Waals surface area contributed by atoms with Gasteiger partial charge in [-0.15, -0.1) is 0 Å². The topological polar surface area (TPSA) is 141 Å². The number of nitro groups is 1. The van der Waals surface area contributed by atoms with Crippen molar-refractivity contribution in [2.24, 2.45) is 0 Å². The van der Waals surface area contributed by atoms with E-state index in [-0.39, 0.29) is 51.4 Å². The van der Waals surface area contributed by atoms with E-state index in [1.165, 1.54) is 0 Å². The number of aliphatic carboxylic acids is 1. The Bertz CT molecular complexity index is 331. The smallest absolute Gasteiger partial charge is 0.548 e. The van der Waals surface area contributed by atoms with Crippen LogP contribution < -0.4 is 67.1 Å². The molecular weight excluding hydrogens is 237 g/mol. The molecule has 2 unspecified atom stereocenters. The SMILES string of the molecule is O=C1NC(=O)C([N+](=O)[O-])C(C(=O)[O-])N1.[K+]. The summed E-state index contributed by atoms with van der Waals surface area (Å²) in [5.41, 5.74) is 0. The van der Waals surface area contributed by atoms with Gasteiger partial charge in [-0.05, 0) is 0 Å². The van der Waals surface area contributed by atoms with Gasteiger partial charge in [-0.25, -0.2) is 4.79 Å². The number of carboxylic acids is 1. The van der Waals surface area contributed by atoms with Crippen molar-refractivity contribution in [2.75, 3.05) is 0 Å². The van der Waals surface area contributed by atoms with Crippen molar-refractivity contribution in [3.05, 3.63) is 10.1 Å². The van der Waals surface area contributed by atoms with Gasteiger partial charge in [0, 0.05) is 4.92 Å². The molecule has 2 N–H and O–H groups in total. The van der Waals surface area contributed by atoms with Crippen LogP contribution >= 0.6 is 0 Å². The van der Waals surface area contributed by atoms with Crippen molar-refractivity contribution in [1.29, 1.82) is 0 Å². The van der Waals surface area contributed by atoms with Crippen molar-refractivity contribution in [3.63, 3.8) is 0 Å². The molecule has 1 heterocycles. The van der Waals surface area contributed by atoms with Crippen molar-refractivity contribution >= 4 is 17.9 Å². The molecule has 9 nitrogen and oxygen atoms in total. The predicted octanol–water partition coefficient (Wildman–Crippen LogP) is -6.41. The normalized spacial score (nSPS) is 24.5. The predicted molar refractivity (Wildman–Crippen MR) is 36.3 cm³/mol. The number of carbonyl (C=O) groups excluding carboxylic acids is 3. The zero-order valence-electron chi connectivity index (χ0n) is 7.55. The van der Waals surface area contributed by atoms with E-state index in [0.29, 0.717) is 0 Å². The molecule has 76 valence electrons. The van der Waals surface area contributed by atoms with Crippen LogP contribution in [0.3, 0.4) is 0 Å². The number of hydrogen-bond acceptors (Lipinski definition) is 6. The van der Waals surface area contributed by atoms with E-state index in [1.54, 1.807) is 10.6 Å². The second kappa shape index (κ2) is 5.51. The summed E-state index contributed by atoms with van der Waals surface area (Å²) in [4.78, 5) is 41.0. The maximum Gasteiger partial charge on any atom is 1.00 e. The number of nitrogens with one attached hydrogen (secondary N) is 2. The summed E-state index contributed by atoms with van der Waals surface area (Å²) in [5, 5.41) is 23.9. The molecule has 1 saturated heterocycles. The first-order valence-corrected chi connectivity index (χ1v) is 3.39. The van der Waals surface area contributed by atoms with Crippen LogP contribution in [0, 0.1) is 10.1 Å². The molecule has 0 aromatic carbocycles. The zero-order chi connectivity index (χ0) is 10.9. The Kier molecular flexibility index (Phi) is 5.30. The van der Waals surface area contributed by atoms with Gasteiger partial charge in [0.2, 0.25) is 0 Å². The Morgan fingerprint density at radius 1 is 1.40 bits per heavy atom. The van der Waals surface area contributed by atoms with Crippen molar-refractivity contribution in [1.82, 2.24) is 10.6 Å². The second-order valence-electron chi connectivity index (χ2n) is 2.49. The zero-order valence-corrected chi connectivity index (χ0v) is 10.7. The van der Waals surface area contributed by atoms with E-state index in [0.717, 1.165) is 0 Å². The Morgan fingerprint density at radius 3 is 2.33 bits per heavy atom. The Balaban J connectivity index is 0.00000196. The molecule has 1 fully saturated rings. The minimum atomic E-state index is -2.06. The summed E-state index contributed by atoms with van der Waals surface area (Å²) >= 11 is 0. The average molecular weight is 241 g/mol. The fourth-order valence-corrected chi connectivity index (χ4v) is 0.999. The summed E-state index contributed by atoms with van der Waals surface area (Å²) in [6.07, 6.45) is 0. The fourth-order valence-electron chi connectivity index (χ4n) is 0.999. The van der Waals surface area contributed by atoms with E-state index < -0.39 is 34.9 Å². The number of nitrogens with zero attached hydrogens (tertiary/aromatic N) is 1. The monoisotopic (exact) mass is 241 g/mol. The first kappa shape index (κ1) is 14.4. The van der Waals surface area contributed by atoms with E-state index in [2.05, 4.69) is 0 Å². The largest absolute Gasteiger partial charge is 1.00 e. The summed E-state index contributed by atoms with van der Waals surface area (Å²) in [7, 11) is 0. The van der Waals surface area contributed by atoms with E-state index >= 15 is 0 Å². The summed E-state index contributed by atoms with van der Waals surface area (Å²) < 4.78 is 0. The van der Waals surface area contributed by atoms with Gasteiger partial charge in [-0.3, -0.25) is 20.2 Å². The maximum absolute atomic E-state index is 10.9. The standard InChI is InChI=1S/C5H5N3O6.K/c9-3-2(8(13)14)1(4(10)11)6-5(12)7-3;/h1-2H,(H,10,11)(H2,6,7,9,12);/q;+1/p-1. The molecule has 0 bridgehead atoms. The van der Waals surface area contributed by atoms with Crippen LogP contribution in [0.15, 0.2) is 0 Å².